The highest BCUT2D eigenvalue weighted by atomic mass is 16.4. The van der Waals surface area contributed by atoms with Gasteiger partial charge in [0.25, 0.3) is 0 Å². The first-order valence-electron chi connectivity index (χ1n) is 4.56. The Kier molecular flexibility index (Phi) is 4.47. The molecule has 0 rings (SSSR count). The monoisotopic (exact) mass is 200 g/mol. The Morgan fingerprint density at radius 1 is 1.21 bits per heavy atom. The number of ketones is 2. The molecular weight excluding hydrogens is 184 g/mol. The van der Waals surface area contributed by atoms with Crippen molar-refractivity contribution in [3.8, 4) is 0 Å². The molecule has 4 heteroatoms. The first kappa shape index (κ1) is 12.8. The van der Waals surface area contributed by atoms with Gasteiger partial charge in [0.05, 0.1) is 6.42 Å². The van der Waals surface area contributed by atoms with Crippen LogP contribution in [-0.4, -0.2) is 22.6 Å². The third-order valence-corrected chi connectivity index (χ3v) is 2.37. The molecule has 0 aromatic carbocycles. The average Bonchev–Trinajstić information content (AvgIpc) is 2.02. The third-order valence-electron chi connectivity index (χ3n) is 2.37. The summed E-state index contributed by atoms with van der Waals surface area (Å²) in [4.78, 5) is 32.9. The second-order valence-electron chi connectivity index (χ2n) is 3.76. The Hall–Kier alpha value is -1.19. The quantitative estimate of drug-likeness (QED) is 0.704. The second kappa shape index (κ2) is 4.88. The summed E-state index contributed by atoms with van der Waals surface area (Å²) in [5.74, 6) is -1.38. The summed E-state index contributed by atoms with van der Waals surface area (Å²) in [6, 6.07) is 0. The second-order valence-corrected chi connectivity index (χ2v) is 3.76. The van der Waals surface area contributed by atoms with Gasteiger partial charge in [0.15, 0.2) is 0 Å². The Bertz CT molecular complexity index is 257. The SMILES string of the molecule is CCC(=O)CC(C)(CC(=O)O)C(C)=O. The maximum atomic E-state index is 11.2. The van der Waals surface area contributed by atoms with Crippen LogP contribution < -0.4 is 0 Å². The van der Waals surface area contributed by atoms with Gasteiger partial charge in [0, 0.05) is 18.3 Å². The molecule has 1 atom stereocenters. The van der Waals surface area contributed by atoms with E-state index >= 15 is 0 Å². The molecule has 4 nitrogen and oxygen atoms in total. The van der Waals surface area contributed by atoms with Crippen LogP contribution >= 0.6 is 0 Å². The first-order valence-corrected chi connectivity index (χ1v) is 4.56. The summed E-state index contributed by atoms with van der Waals surface area (Å²) in [5, 5.41) is 8.62. The van der Waals surface area contributed by atoms with Crippen molar-refractivity contribution in [2.24, 2.45) is 5.41 Å². The summed E-state index contributed by atoms with van der Waals surface area (Å²) < 4.78 is 0. The Labute approximate surface area is 83.3 Å². The van der Waals surface area contributed by atoms with Gasteiger partial charge in [-0.05, 0) is 6.92 Å². The number of aliphatic carboxylic acids is 1. The van der Waals surface area contributed by atoms with Gasteiger partial charge in [-0.1, -0.05) is 13.8 Å². The van der Waals surface area contributed by atoms with E-state index in [1.165, 1.54) is 13.8 Å². The normalized spacial score (nSPS) is 14.5. The molecule has 0 aromatic rings. The molecule has 1 N–H and O–H groups in total. The summed E-state index contributed by atoms with van der Waals surface area (Å²) in [6.07, 6.45) is 0.0711. The van der Waals surface area contributed by atoms with Crippen molar-refractivity contribution in [2.75, 3.05) is 0 Å². The molecule has 0 spiro atoms. The van der Waals surface area contributed by atoms with E-state index in [-0.39, 0.29) is 24.4 Å². The number of Topliss-reactive ketones (excluding diaryl/α,β-unsaturated/α-hetero) is 2. The van der Waals surface area contributed by atoms with Crippen molar-refractivity contribution >= 4 is 17.5 Å². The number of carboxylic acids is 1. The van der Waals surface area contributed by atoms with Crippen molar-refractivity contribution in [3.63, 3.8) is 0 Å². The van der Waals surface area contributed by atoms with Crippen molar-refractivity contribution in [3.05, 3.63) is 0 Å². The van der Waals surface area contributed by atoms with Crippen LogP contribution in [0, 0.1) is 5.41 Å². The van der Waals surface area contributed by atoms with Gasteiger partial charge in [-0.2, -0.15) is 0 Å². The highest BCUT2D eigenvalue weighted by Gasteiger charge is 2.34. The van der Waals surface area contributed by atoms with Crippen molar-refractivity contribution in [1.82, 2.24) is 0 Å². The van der Waals surface area contributed by atoms with E-state index in [9.17, 15) is 14.4 Å². The predicted octanol–water partition coefficient (Wildman–Crippen LogP) is 1.43. The lowest BCUT2D eigenvalue weighted by atomic mass is 9.78. The minimum Gasteiger partial charge on any atom is -0.481 e. The molecule has 0 saturated heterocycles. The van der Waals surface area contributed by atoms with Crippen LogP contribution in [0.15, 0.2) is 0 Å². The molecule has 0 aliphatic rings. The van der Waals surface area contributed by atoms with Gasteiger partial charge >= 0.3 is 5.97 Å². The smallest absolute Gasteiger partial charge is 0.304 e. The van der Waals surface area contributed by atoms with Crippen LogP contribution in [0.3, 0.4) is 0 Å². The Morgan fingerprint density at radius 2 is 1.71 bits per heavy atom. The van der Waals surface area contributed by atoms with Gasteiger partial charge < -0.3 is 5.11 Å². The number of hydrogen-bond acceptors (Lipinski definition) is 3. The van der Waals surface area contributed by atoms with Gasteiger partial charge in [-0.15, -0.1) is 0 Å². The third kappa shape index (κ3) is 3.68. The van der Waals surface area contributed by atoms with Crippen molar-refractivity contribution in [2.45, 2.75) is 40.0 Å². The molecule has 0 aliphatic heterocycles. The highest BCUT2D eigenvalue weighted by Crippen LogP contribution is 2.28. The largest absolute Gasteiger partial charge is 0.481 e. The van der Waals surface area contributed by atoms with Gasteiger partial charge in [0.1, 0.15) is 11.6 Å². The highest BCUT2D eigenvalue weighted by molar-refractivity contribution is 5.91. The van der Waals surface area contributed by atoms with Crippen molar-refractivity contribution in [1.29, 1.82) is 0 Å². The zero-order valence-corrected chi connectivity index (χ0v) is 8.79. The average molecular weight is 200 g/mol. The van der Waals surface area contributed by atoms with Crippen LogP contribution in [0.4, 0.5) is 0 Å². The van der Waals surface area contributed by atoms with E-state index in [2.05, 4.69) is 0 Å². The summed E-state index contributed by atoms with van der Waals surface area (Å²) in [7, 11) is 0. The number of carbonyl (C=O) groups excluding carboxylic acids is 2. The van der Waals surface area contributed by atoms with E-state index in [1.807, 2.05) is 0 Å². The molecule has 0 heterocycles. The minimum atomic E-state index is -1.05. The van der Waals surface area contributed by atoms with Crippen LogP contribution in [-0.2, 0) is 14.4 Å². The zero-order valence-electron chi connectivity index (χ0n) is 8.79. The van der Waals surface area contributed by atoms with Crippen LogP contribution in [0.1, 0.15) is 40.0 Å². The van der Waals surface area contributed by atoms with Gasteiger partial charge in [-0.3, -0.25) is 14.4 Å². The number of carboxylic acid groups (broad SMARTS) is 1. The lowest BCUT2D eigenvalue weighted by Crippen LogP contribution is -2.31. The maximum absolute atomic E-state index is 11.2. The van der Waals surface area contributed by atoms with E-state index < -0.39 is 11.4 Å². The number of rotatable bonds is 6. The standard InChI is InChI=1S/C10H16O4/c1-4-8(12)5-10(3,7(2)11)6-9(13)14/h4-6H2,1-3H3,(H,13,14). The molecular formula is C10H16O4. The lowest BCUT2D eigenvalue weighted by molar-refractivity contribution is -0.144. The molecule has 0 aromatic heterocycles. The summed E-state index contributed by atoms with van der Waals surface area (Å²) in [6.45, 7) is 4.55. The predicted molar refractivity (Wildman–Crippen MR) is 51.0 cm³/mol. The molecule has 0 radical (unpaired) electrons. The minimum absolute atomic E-state index is 0.0190. The van der Waals surface area contributed by atoms with Crippen molar-refractivity contribution < 1.29 is 19.5 Å². The van der Waals surface area contributed by atoms with Crippen LogP contribution in [0.2, 0.25) is 0 Å². The lowest BCUT2D eigenvalue weighted by Gasteiger charge is -2.23. The molecule has 0 amide bonds. The van der Waals surface area contributed by atoms with Crippen LogP contribution in [0.25, 0.3) is 0 Å². The first-order chi connectivity index (χ1) is 6.31. The Balaban J connectivity index is 4.63. The fourth-order valence-corrected chi connectivity index (χ4v) is 1.21. The molecule has 14 heavy (non-hydrogen) atoms. The maximum Gasteiger partial charge on any atom is 0.304 e. The summed E-state index contributed by atoms with van der Waals surface area (Å²) in [5.41, 5.74) is -1.04. The van der Waals surface area contributed by atoms with Gasteiger partial charge in [0.2, 0.25) is 0 Å². The van der Waals surface area contributed by atoms with E-state index in [4.69, 9.17) is 5.11 Å². The van der Waals surface area contributed by atoms with E-state index in [0.717, 1.165) is 0 Å². The molecule has 0 fully saturated rings. The molecule has 80 valence electrons. The molecule has 0 saturated carbocycles. The Morgan fingerprint density at radius 3 is 2.00 bits per heavy atom. The fraction of sp³-hybridized carbons (Fsp3) is 0.700. The van der Waals surface area contributed by atoms with Crippen LogP contribution in [0.5, 0.6) is 0 Å². The van der Waals surface area contributed by atoms with E-state index in [0.29, 0.717) is 6.42 Å². The number of carbonyl (C=O) groups is 3. The fourth-order valence-electron chi connectivity index (χ4n) is 1.21. The van der Waals surface area contributed by atoms with Gasteiger partial charge in [-0.25, -0.2) is 0 Å². The van der Waals surface area contributed by atoms with E-state index in [1.54, 1.807) is 6.92 Å². The topological polar surface area (TPSA) is 71.4 Å². The molecule has 0 aliphatic carbocycles. The molecule has 1 unspecified atom stereocenters. The zero-order chi connectivity index (χ0) is 11.4. The molecule has 0 bridgehead atoms. The number of hydrogen-bond donors (Lipinski definition) is 1. The summed E-state index contributed by atoms with van der Waals surface area (Å²) >= 11 is 0.